The van der Waals surface area contributed by atoms with Crippen LogP contribution in [0.2, 0.25) is 0 Å². The number of anilines is 1. The molecule has 2 heterocycles. The van der Waals surface area contributed by atoms with E-state index < -0.39 is 17.8 Å². The Morgan fingerprint density at radius 2 is 2.05 bits per heavy atom. The van der Waals surface area contributed by atoms with Crippen LogP contribution in [0.5, 0.6) is 0 Å². The summed E-state index contributed by atoms with van der Waals surface area (Å²) >= 11 is 0. The fourth-order valence-corrected chi connectivity index (χ4v) is 2.60. The molecule has 0 spiro atoms. The van der Waals surface area contributed by atoms with E-state index in [1.807, 2.05) is 0 Å². The lowest BCUT2D eigenvalue weighted by Crippen LogP contribution is -2.52. The maximum Gasteiger partial charge on any atom is 0.255 e. The average molecular weight is 277 g/mol. The number of nitrogen functional groups attached to an aromatic ring is 1. The summed E-state index contributed by atoms with van der Waals surface area (Å²) in [5, 5.41) is 2.21. The van der Waals surface area contributed by atoms with E-state index in [0.29, 0.717) is 11.1 Å². The molecule has 3 amide bonds. The van der Waals surface area contributed by atoms with E-state index in [9.17, 15) is 18.8 Å². The summed E-state index contributed by atoms with van der Waals surface area (Å²) in [6.45, 7) is 0.150. The van der Waals surface area contributed by atoms with Crippen LogP contribution in [0.15, 0.2) is 12.1 Å². The maximum atomic E-state index is 13.4. The molecule has 1 unspecified atom stereocenters. The van der Waals surface area contributed by atoms with Crippen molar-refractivity contribution >= 4 is 23.4 Å². The van der Waals surface area contributed by atoms with Crippen molar-refractivity contribution in [2.75, 3.05) is 5.73 Å². The molecule has 104 valence electrons. The molecule has 0 aromatic heterocycles. The summed E-state index contributed by atoms with van der Waals surface area (Å²) in [4.78, 5) is 36.5. The highest BCUT2D eigenvalue weighted by atomic mass is 19.1. The summed E-state index contributed by atoms with van der Waals surface area (Å²) in [7, 11) is 0. The van der Waals surface area contributed by atoms with Gasteiger partial charge in [0.05, 0.1) is 5.69 Å². The summed E-state index contributed by atoms with van der Waals surface area (Å²) in [5.41, 5.74) is 6.18. The Hall–Kier alpha value is -2.44. The standard InChI is InChI=1S/C13H12FN3O3/c14-8-3-6-5-17(13(20)7(6)4-9(8)15)10-1-2-11(18)16-12(10)19/h3-4,10H,1-2,5,15H2,(H,16,18,19). The smallest absolute Gasteiger partial charge is 0.255 e. The Kier molecular flexibility index (Phi) is 2.70. The van der Waals surface area contributed by atoms with Gasteiger partial charge in [-0.3, -0.25) is 19.7 Å². The Balaban J connectivity index is 1.90. The van der Waals surface area contributed by atoms with Crippen molar-refractivity contribution in [2.24, 2.45) is 0 Å². The number of halogens is 1. The number of rotatable bonds is 1. The van der Waals surface area contributed by atoms with E-state index in [-0.39, 0.29) is 36.9 Å². The molecule has 1 aromatic rings. The minimum absolute atomic E-state index is 0.0952. The summed E-state index contributed by atoms with van der Waals surface area (Å²) in [6.07, 6.45) is 0.468. The van der Waals surface area contributed by atoms with Crippen molar-refractivity contribution in [1.82, 2.24) is 10.2 Å². The van der Waals surface area contributed by atoms with Gasteiger partial charge in [0, 0.05) is 18.5 Å². The van der Waals surface area contributed by atoms with E-state index in [0.717, 1.165) is 0 Å². The lowest BCUT2D eigenvalue weighted by atomic mass is 10.0. The van der Waals surface area contributed by atoms with Gasteiger partial charge in [-0.25, -0.2) is 4.39 Å². The van der Waals surface area contributed by atoms with E-state index in [4.69, 9.17) is 5.73 Å². The first-order chi connectivity index (χ1) is 9.47. The molecule has 3 rings (SSSR count). The number of fused-ring (bicyclic) bond motifs is 1. The van der Waals surface area contributed by atoms with Crippen molar-refractivity contribution in [3.63, 3.8) is 0 Å². The maximum absolute atomic E-state index is 13.4. The zero-order valence-corrected chi connectivity index (χ0v) is 10.5. The van der Waals surface area contributed by atoms with Crippen LogP contribution in [-0.4, -0.2) is 28.7 Å². The van der Waals surface area contributed by atoms with Gasteiger partial charge in [-0.2, -0.15) is 0 Å². The number of hydrogen-bond acceptors (Lipinski definition) is 4. The molecule has 2 aliphatic heterocycles. The van der Waals surface area contributed by atoms with E-state index in [1.54, 1.807) is 0 Å². The molecule has 20 heavy (non-hydrogen) atoms. The number of nitrogens with one attached hydrogen (secondary N) is 1. The minimum Gasteiger partial charge on any atom is -0.396 e. The fourth-order valence-electron chi connectivity index (χ4n) is 2.60. The number of piperidine rings is 1. The number of carbonyl (C=O) groups is 3. The third-order valence-electron chi connectivity index (χ3n) is 3.64. The first kappa shape index (κ1) is 12.6. The van der Waals surface area contributed by atoms with Gasteiger partial charge < -0.3 is 10.6 Å². The van der Waals surface area contributed by atoms with Crippen LogP contribution >= 0.6 is 0 Å². The molecule has 0 radical (unpaired) electrons. The zero-order valence-electron chi connectivity index (χ0n) is 10.5. The molecule has 7 heteroatoms. The van der Waals surface area contributed by atoms with E-state index in [2.05, 4.69) is 5.32 Å². The van der Waals surface area contributed by atoms with Gasteiger partial charge in [-0.1, -0.05) is 0 Å². The molecule has 0 aliphatic carbocycles. The lowest BCUT2D eigenvalue weighted by Gasteiger charge is -2.29. The topological polar surface area (TPSA) is 92.5 Å². The predicted molar refractivity (Wildman–Crippen MR) is 66.9 cm³/mol. The molecule has 1 fully saturated rings. The number of nitrogens with two attached hydrogens (primary N) is 1. The molecule has 1 aromatic carbocycles. The largest absolute Gasteiger partial charge is 0.396 e. The van der Waals surface area contributed by atoms with Gasteiger partial charge in [0.15, 0.2) is 0 Å². The molecule has 0 saturated carbocycles. The van der Waals surface area contributed by atoms with Gasteiger partial charge in [0.1, 0.15) is 11.9 Å². The average Bonchev–Trinajstić information content (AvgIpc) is 2.68. The van der Waals surface area contributed by atoms with Gasteiger partial charge in [-0.05, 0) is 24.1 Å². The van der Waals surface area contributed by atoms with Crippen LogP contribution in [0.25, 0.3) is 0 Å². The van der Waals surface area contributed by atoms with E-state index >= 15 is 0 Å². The number of nitrogens with zero attached hydrogens (tertiary/aromatic N) is 1. The number of imide groups is 1. The Morgan fingerprint density at radius 3 is 2.75 bits per heavy atom. The third-order valence-corrected chi connectivity index (χ3v) is 3.64. The summed E-state index contributed by atoms with van der Waals surface area (Å²) < 4.78 is 13.4. The SMILES string of the molecule is Nc1cc2c(cc1F)CN(C1CCC(=O)NC1=O)C2=O. The van der Waals surface area contributed by atoms with Gasteiger partial charge in [0.2, 0.25) is 11.8 Å². The Morgan fingerprint density at radius 1 is 1.30 bits per heavy atom. The highest BCUT2D eigenvalue weighted by Crippen LogP contribution is 2.29. The molecule has 6 nitrogen and oxygen atoms in total. The number of amides is 3. The quantitative estimate of drug-likeness (QED) is 0.565. The van der Waals surface area contributed by atoms with Crippen LogP contribution in [0, 0.1) is 5.82 Å². The van der Waals surface area contributed by atoms with Crippen molar-refractivity contribution in [3.8, 4) is 0 Å². The Labute approximate surface area is 113 Å². The fraction of sp³-hybridized carbons (Fsp3) is 0.308. The first-order valence-electron chi connectivity index (χ1n) is 6.20. The van der Waals surface area contributed by atoms with Crippen molar-refractivity contribution < 1.29 is 18.8 Å². The molecule has 0 bridgehead atoms. The second-order valence-electron chi connectivity index (χ2n) is 4.93. The lowest BCUT2D eigenvalue weighted by molar-refractivity contribution is -0.136. The zero-order chi connectivity index (χ0) is 14.4. The molecule has 3 N–H and O–H groups in total. The summed E-state index contributed by atoms with van der Waals surface area (Å²) in [6, 6.07) is 1.81. The van der Waals surface area contributed by atoms with E-state index in [1.165, 1.54) is 17.0 Å². The molecule has 1 atom stereocenters. The highest BCUT2D eigenvalue weighted by Gasteiger charge is 2.39. The van der Waals surface area contributed by atoms with Crippen molar-refractivity contribution in [3.05, 3.63) is 29.1 Å². The van der Waals surface area contributed by atoms with Crippen LogP contribution in [0.3, 0.4) is 0 Å². The predicted octanol–water partition coefficient (Wildman–Crippen LogP) is 0.169. The minimum atomic E-state index is -0.697. The van der Waals surface area contributed by atoms with Gasteiger partial charge in [-0.15, -0.1) is 0 Å². The van der Waals surface area contributed by atoms with Crippen molar-refractivity contribution in [2.45, 2.75) is 25.4 Å². The van der Waals surface area contributed by atoms with Crippen LogP contribution in [0.4, 0.5) is 10.1 Å². The van der Waals surface area contributed by atoms with Crippen LogP contribution in [-0.2, 0) is 16.1 Å². The van der Waals surface area contributed by atoms with Crippen LogP contribution in [0.1, 0.15) is 28.8 Å². The molecular weight excluding hydrogens is 265 g/mol. The number of benzene rings is 1. The second-order valence-corrected chi connectivity index (χ2v) is 4.93. The monoisotopic (exact) mass is 277 g/mol. The van der Waals surface area contributed by atoms with Gasteiger partial charge >= 0.3 is 0 Å². The number of hydrogen-bond donors (Lipinski definition) is 2. The second kappa shape index (κ2) is 4.29. The van der Waals surface area contributed by atoms with Gasteiger partial charge in [0.25, 0.3) is 5.91 Å². The normalized spacial score (nSPS) is 21.9. The highest BCUT2D eigenvalue weighted by molar-refractivity contribution is 6.05. The van der Waals surface area contributed by atoms with Crippen LogP contribution < -0.4 is 11.1 Å². The number of carbonyl (C=O) groups excluding carboxylic acids is 3. The summed E-state index contributed by atoms with van der Waals surface area (Å²) in [5.74, 6) is -1.77. The van der Waals surface area contributed by atoms with Crippen molar-refractivity contribution in [1.29, 1.82) is 0 Å². The third kappa shape index (κ3) is 1.82. The molecule has 1 saturated heterocycles. The molecular formula is C13H12FN3O3. The Bertz CT molecular complexity index is 644. The molecule has 2 aliphatic rings. The first-order valence-corrected chi connectivity index (χ1v) is 6.20.